The molecule has 0 amide bonds. The van der Waals surface area contributed by atoms with Crippen LogP contribution < -0.4 is 5.73 Å². The highest BCUT2D eigenvalue weighted by Crippen LogP contribution is 2.18. The Labute approximate surface area is 104 Å². The Morgan fingerprint density at radius 1 is 1.31 bits per heavy atom. The average Bonchev–Trinajstić information content (AvgIpc) is 2.70. The molecule has 1 atom stereocenters. The fourth-order valence-electron chi connectivity index (χ4n) is 1.65. The van der Waals surface area contributed by atoms with E-state index in [-0.39, 0.29) is 6.04 Å². The summed E-state index contributed by atoms with van der Waals surface area (Å²) in [5, 5.41) is 0. The van der Waals surface area contributed by atoms with Gasteiger partial charge in [0.15, 0.2) is 0 Å². The van der Waals surface area contributed by atoms with Gasteiger partial charge in [0.05, 0.1) is 0 Å². The van der Waals surface area contributed by atoms with Crippen LogP contribution in [0, 0.1) is 0 Å². The fraction of sp³-hybridized carbons (Fsp3) is 0.231. The summed E-state index contributed by atoms with van der Waals surface area (Å²) in [6, 6.07) is 10.4. The van der Waals surface area contributed by atoms with Crippen molar-refractivity contribution in [2.45, 2.75) is 19.5 Å². The Morgan fingerprint density at radius 3 is 2.69 bits per heavy atom. The van der Waals surface area contributed by atoms with Crippen LogP contribution in [0.3, 0.4) is 0 Å². The molecule has 3 heteroatoms. The van der Waals surface area contributed by atoms with Gasteiger partial charge in [0.1, 0.15) is 0 Å². The lowest BCUT2D eigenvalue weighted by atomic mass is 10.2. The Morgan fingerprint density at radius 2 is 2.06 bits per heavy atom. The van der Waals surface area contributed by atoms with E-state index < -0.39 is 0 Å². The third-order valence-electron chi connectivity index (χ3n) is 2.61. The molecule has 0 saturated carbocycles. The van der Waals surface area contributed by atoms with Crippen molar-refractivity contribution in [3.63, 3.8) is 0 Å². The molecule has 84 valence electrons. The first-order valence-electron chi connectivity index (χ1n) is 5.31. The Bertz CT molecular complexity index is 474. The maximum Gasteiger partial charge on any atom is 0.0481 e. The lowest BCUT2D eigenvalue weighted by Gasteiger charge is -2.06. The van der Waals surface area contributed by atoms with Crippen LogP contribution in [0.15, 0.2) is 47.2 Å². The molecule has 0 aliphatic rings. The van der Waals surface area contributed by atoms with E-state index in [2.05, 4.69) is 57.2 Å². The number of hydrogen-bond acceptors (Lipinski definition) is 1. The van der Waals surface area contributed by atoms with Crippen LogP contribution in [-0.4, -0.2) is 4.57 Å². The van der Waals surface area contributed by atoms with Crippen molar-refractivity contribution in [3.8, 4) is 0 Å². The lowest BCUT2D eigenvalue weighted by Crippen LogP contribution is -2.04. The number of hydrogen-bond donors (Lipinski definition) is 1. The topological polar surface area (TPSA) is 30.9 Å². The summed E-state index contributed by atoms with van der Waals surface area (Å²) in [6.07, 6.45) is 4.17. The summed E-state index contributed by atoms with van der Waals surface area (Å²) in [4.78, 5) is 0. The van der Waals surface area contributed by atoms with E-state index in [1.807, 2.05) is 13.0 Å². The van der Waals surface area contributed by atoms with Crippen molar-refractivity contribution in [2.24, 2.45) is 5.73 Å². The number of aromatic nitrogens is 1. The van der Waals surface area contributed by atoms with Crippen LogP contribution in [0.2, 0.25) is 0 Å². The molecule has 1 aromatic heterocycles. The zero-order valence-electron chi connectivity index (χ0n) is 9.23. The fourth-order valence-corrected chi connectivity index (χ4v) is 2.06. The molecule has 1 heterocycles. The number of halogens is 1. The van der Waals surface area contributed by atoms with E-state index in [0.717, 1.165) is 11.0 Å². The largest absolute Gasteiger partial charge is 0.350 e. The summed E-state index contributed by atoms with van der Waals surface area (Å²) in [5.74, 6) is 0. The zero-order chi connectivity index (χ0) is 11.5. The summed E-state index contributed by atoms with van der Waals surface area (Å²) in [7, 11) is 0. The van der Waals surface area contributed by atoms with Crippen LogP contribution in [0.25, 0.3) is 0 Å². The van der Waals surface area contributed by atoms with Gasteiger partial charge in [-0.1, -0.05) is 34.1 Å². The molecule has 16 heavy (non-hydrogen) atoms. The molecule has 0 spiro atoms. The second-order valence-corrected chi connectivity index (χ2v) is 4.85. The molecule has 0 radical (unpaired) electrons. The minimum atomic E-state index is 0.0977. The smallest absolute Gasteiger partial charge is 0.0481 e. The van der Waals surface area contributed by atoms with Gasteiger partial charge in [0.25, 0.3) is 0 Å². The number of nitrogens with two attached hydrogens (primary N) is 1. The quantitative estimate of drug-likeness (QED) is 0.918. The maximum absolute atomic E-state index is 5.83. The summed E-state index contributed by atoms with van der Waals surface area (Å²) in [6.45, 7) is 2.87. The molecule has 1 unspecified atom stereocenters. The van der Waals surface area contributed by atoms with Crippen LogP contribution in [0.1, 0.15) is 24.1 Å². The maximum atomic E-state index is 5.83. The molecule has 0 saturated heterocycles. The highest BCUT2D eigenvalue weighted by atomic mass is 79.9. The second-order valence-electron chi connectivity index (χ2n) is 4.00. The van der Waals surface area contributed by atoms with Crippen LogP contribution in [-0.2, 0) is 6.54 Å². The van der Waals surface area contributed by atoms with Crippen molar-refractivity contribution >= 4 is 15.9 Å². The normalized spacial score (nSPS) is 12.7. The van der Waals surface area contributed by atoms with Gasteiger partial charge in [0, 0.05) is 29.5 Å². The van der Waals surface area contributed by atoms with Crippen molar-refractivity contribution in [1.82, 2.24) is 4.57 Å². The van der Waals surface area contributed by atoms with Gasteiger partial charge in [-0.05, 0) is 30.2 Å². The molecule has 2 aromatic rings. The predicted octanol–water partition coefficient (Wildman–Crippen LogP) is 3.32. The Kier molecular flexibility index (Phi) is 3.46. The third kappa shape index (κ3) is 2.54. The highest BCUT2D eigenvalue weighted by Gasteiger charge is 2.03. The monoisotopic (exact) mass is 278 g/mol. The Hall–Kier alpha value is -1.06. The van der Waals surface area contributed by atoms with E-state index in [9.17, 15) is 0 Å². The molecule has 0 fully saturated rings. The summed E-state index contributed by atoms with van der Waals surface area (Å²) >= 11 is 3.55. The van der Waals surface area contributed by atoms with Gasteiger partial charge < -0.3 is 10.3 Å². The van der Waals surface area contributed by atoms with Crippen molar-refractivity contribution < 1.29 is 0 Å². The molecule has 0 bridgehead atoms. The molecule has 2 nitrogen and oxygen atoms in total. The van der Waals surface area contributed by atoms with Gasteiger partial charge in [0.2, 0.25) is 0 Å². The highest BCUT2D eigenvalue weighted by molar-refractivity contribution is 9.10. The van der Waals surface area contributed by atoms with Gasteiger partial charge in [-0.15, -0.1) is 0 Å². The SMILES string of the molecule is CC(N)c1ccn(Cc2ccccc2Br)c1. The average molecular weight is 279 g/mol. The van der Waals surface area contributed by atoms with Crippen LogP contribution in [0.5, 0.6) is 0 Å². The van der Waals surface area contributed by atoms with Gasteiger partial charge >= 0.3 is 0 Å². The van der Waals surface area contributed by atoms with Gasteiger partial charge in [-0.2, -0.15) is 0 Å². The predicted molar refractivity (Wildman–Crippen MR) is 70.3 cm³/mol. The van der Waals surface area contributed by atoms with Gasteiger partial charge in [-0.25, -0.2) is 0 Å². The lowest BCUT2D eigenvalue weighted by molar-refractivity contribution is 0.776. The zero-order valence-corrected chi connectivity index (χ0v) is 10.8. The van der Waals surface area contributed by atoms with Crippen molar-refractivity contribution in [2.75, 3.05) is 0 Å². The van der Waals surface area contributed by atoms with E-state index in [4.69, 9.17) is 5.73 Å². The van der Waals surface area contributed by atoms with Crippen LogP contribution in [0.4, 0.5) is 0 Å². The minimum Gasteiger partial charge on any atom is -0.350 e. The number of benzene rings is 1. The first-order valence-corrected chi connectivity index (χ1v) is 6.11. The number of rotatable bonds is 3. The standard InChI is InChI=1S/C13H15BrN2/c1-10(15)11-6-7-16(8-11)9-12-4-2-3-5-13(12)14/h2-8,10H,9,15H2,1H3. The van der Waals surface area contributed by atoms with Gasteiger partial charge in [-0.3, -0.25) is 0 Å². The Balaban J connectivity index is 2.18. The van der Waals surface area contributed by atoms with E-state index in [1.54, 1.807) is 0 Å². The second kappa shape index (κ2) is 4.85. The molecule has 0 aliphatic heterocycles. The van der Waals surface area contributed by atoms with E-state index in [0.29, 0.717) is 0 Å². The first-order chi connectivity index (χ1) is 7.66. The number of nitrogens with zero attached hydrogens (tertiary/aromatic N) is 1. The molecule has 0 aliphatic carbocycles. The first kappa shape index (κ1) is 11.4. The van der Waals surface area contributed by atoms with Crippen LogP contribution >= 0.6 is 15.9 Å². The molecule has 2 N–H and O–H groups in total. The van der Waals surface area contributed by atoms with E-state index in [1.165, 1.54) is 11.1 Å². The minimum absolute atomic E-state index is 0.0977. The van der Waals surface area contributed by atoms with E-state index >= 15 is 0 Å². The summed E-state index contributed by atoms with van der Waals surface area (Å²) in [5.41, 5.74) is 8.27. The molecule has 1 aromatic carbocycles. The van der Waals surface area contributed by atoms with Crippen molar-refractivity contribution in [3.05, 3.63) is 58.3 Å². The summed E-state index contributed by atoms with van der Waals surface area (Å²) < 4.78 is 3.30. The molecule has 2 rings (SSSR count). The molecular formula is C13H15BrN2. The third-order valence-corrected chi connectivity index (χ3v) is 3.38. The molecular weight excluding hydrogens is 264 g/mol. The van der Waals surface area contributed by atoms with Crippen molar-refractivity contribution in [1.29, 1.82) is 0 Å².